The van der Waals surface area contributed by atoms with Crippen LogP contribution in [0.5, 0.6) is 0 Å². The molecule has 1 rings (SSSR count). The molecule has 0 aliphatic heterocycles. The highest BCUT2D eigenvalue weighted by atomic mass is 32.2. The zero-order valence-electron chi connectivity index (χ0n) is 11.3. The van der Waals surface area contributed by atoms with Crippen molar-refractivity contribution in [2.24, 2.45) is 0 Å². The van der Waals surface area contributed by atoms with Crippen LogP contribution in [0, 0.1) is 15.9 Å². The number of halogens is 1. The summed E-state index contributed by atoms with van der Waals surface area (Å²) in [7, 11) is -2.83. The molecule has 0 saturated carbocycles. The highest BCUT2D eigenvalue weighted by Crippen LogP contribution is 2.30. The van der Waals surface area contributed by atoms with Crippen molar-refractivity contribution in [1.29, 1.82) is 0 Å². The summed E-state index contributed by atoms with van der Waals surface area (Å²) in [5, 5.41) is 10.6. The number of sulfonamides is 1. The van der Waals surface area contributed by atoms with Crippen LogP contribution in [-0.4, -0.2) is 30.7 Å². The molecule has 0 spiro atoms. The number of nitrogens with zero attached hydrogens (tertiary/aromatic N) is 2. The zero-order chi connectivity index (χ0) is 15.7. The lowest BCUT2D eigenvalue weighted by Crippen LogP contribution is -2.35. The third-order valence-corrected chi connectivity index (χ3v) is 5.18. The van der Waals surface area contributed by atoms with E-state index in [4.69, 9.17) is 5.73 Å². The van der Waals surface area contributed by atoms with Gasteiger partial charge in [-0.2, -0.15) is 4.31 Å². The van der Waals surface area contributed by atoms with E-state index in [1.807, 2.05) is 0 Å². The number of nitrogen functional groups attached to an aromatic ring is 1. The monoisotopic (exact) mass is 305 g/mol. The van der Waals surface area contributed by atoms with Crippen LogP contribution in [0.4, 0.5) is 15.8 Å². The standard InChI is InChI=1S/C11H16FN3O4S/c1-4-7(2)14(3)20(18,19)11-9(12)5-8(15(16)17)6-10(11)13/h5-7H,4,13H2,1-3H3. The van der Waals surface area contributed by atoms with Crippen LogP contribution in [0.2, 0.25) is 0 Å². The predicted molar refractivity (Wildman–Crippen MR) is 72.2 cm³/mol. The molecule has 0 bridgehead atoms. The number of non-ortho nitro benzene ring substituents is 1. The Morgan fingerprint density at radius 3 is 2.45 bits per heavy atom. The van der Waals surface area contributed by atoms with Gasteiger partial charge in [-0.15, -0.1) is 0 Å². The molecule has 0 saturated heterocycles. The molecule has 9 heteroatoms. The van der Waals surface area contributed by atoms with Crippen LogP contribution < -0.4 is 5.73 Å². The molecule has 0 aliphatic rings. The average molecular weight is 305 g/mol. The molecule has 0 aliphatic carbocycles. The normalized spacial score (nSPS) is 13.4. The molecule has 20 heavy (non-hydrogen) atoms. The number of hydrogen-bond donors (Lipinski definition) is 1. The van der Waals surface area contributed by atoms with Crippen molar-refractivity contribution in [3.05, 3.63) is 28.1 Å². The summed E-state index contributed by atoms with van der Waals surface area (Å²) >= 11 is 0. The van der Waals surface area contributed by atoms with Gasteiger partial charge in [-0.3, -0.25) is 10.1 Å². The summed E-state index contributed by atoms with van der Waals surface area (Å²) in [4.78, 5) is 9.01. The summed E-state index contributed by atoms with van der Waals surface area (Å²) in [6.07, 6.45) is 0.532. The summed E-state index contributed by atoms with van der Waals surface area (Å²) in [5.74, 6) is -1.23. The fraction of sp³-hybridized carbons (Fsp3) is 0.455. The largest absolute Gasteiger partial charge is 0.397 e. The number of nitro benzene ring substituents is 1. The minimum atomic E-state index is -4.14. The van der Waals surface area contributed by atoms with Gasteiger partial charge in [0.25, 0.3) is 5.69 Å². The average Bonchev–Trinajstić information content (AvgIpc) is 2.35. The molecule has 1 atom stereocenters. The molecular weight excluding hydrogens is 289 g/mol. The van der Waals surface area contributed by atoms with Crippen molar-refractivity contribution in [3.8, 4) is 0 Å². The Labute approximate surface area is 116 Å². The Morgan fingerprint density at radius 2 is 2.05 bits per heavy atom. The maximum Gasteiger partial charge on any atom is 0.274 e. The molecule has 0 radical (unpaired) electrons. The van der Waals surface area contributed by atoms with Crippen LogP contribution in [-0.2, 0) is 10.0 Å². The van der Waals surface area contributed by atoms with Crippen molar-refractivity contribution in [1.82, 2.24) is 4.31 Å². The molecule has 1 aromatic rings. The van der Waals surface area contributed by atoms with E-state index in [0.29, 0.717) is 12.5 Å². The van der Waals surface area contributed by atoms with E-state index in [1.165, 1.54) is 7.05 Å². The van der Waals surface area contributed by atoms with Crippen molar-refractivity contribution >= 4 is 21.4 Å². The molecule has 0 aromatic heterocycles. The van der Waals surface area contributed by atoms with E-state index >= 15 is 0 Å². The SMILES string of the molecule is CCC(C)N(C)S(=O)(=O)c1c(N)cc([N+](=O)[O-])cc1F. The van der Waals surface area contributed by atoms with Crippen LogP contribution in [0.1, 0.15) is 20.3 Å². The van der Waals surface area contributed by atoms with Gasteiger partial charge in [0, 0.05) is 19.2 Å². The molecule has 0 amide bonds. The van der Waals surface area contributed by atoms with Crippen LogP contribution >= 0.6 is 0 Å². The van der Waals surface area contributed by atoms with Gasteiger partial charge in [0.15, 0.2) is 5.82 Å². The second kappa shape index (κ2) is 5.71. The summed E-state index contributed by atoms with van der Waals surface area (Å²) in [6.45, 7) is 3.45. The highest BCUT2D eigenvalue weighted by molar-refractivity contribution is 7.89. The summed E-state index contributed by atoms with van der Waals surface area (Å²) in [5.41, 5.74) is 4.40. The Kier molecular flexibility index (Phi) is 4.66. The maximum absolute atomic E-state index is 13.9. The smallest absolute Gasteiger partial charge is 0.274 e. The molecule has 0 fully saturated rings. The zero-order valence-corrected chi connectivity index (χ0v) is 12.1. The molecule has 0 heterocycles. The van der Waals surface area contributed by atoms with Crippen LogP contribution in [0.15, 0.2) is 17.0 Å². The lowest BCUT2D eigenvalue weighted by atomic mass is 10.3. The second-order valence-corrected chi connectivity index (χ2v) is 6.32. The van der Waals surface area contributed by atoms with Crippen molar-refractivity contribution in [2.45, 2.75) is 31.2 Å². The highest BCUT2D eigenvalue weighted by Gasteiger charge is 2.31. The summed E-state index contributed by atoms with van der Waals surface area (Å²) in [6, 6.07) is 1.03. The van der Waals surface area contributed by atoms with Gasteiger partial charge in [0.1, 0.15) is 4.90 Å². The fourth-order valence-corrected chi connectivity index (χ4v) is 3.19. The van der Waals surface area contributed by atoms with E-state index < -0.39 is 37.0 Å². The van der Waals surface area contributed by atoms with E-state index in [0.717, 1.165) is 10.4 Å². The van der Waals surface area contributed by atoms with Gasteiger partial charge in [-0.1, -0.05) is 6.92 Å². The minimum Gasteiger partial charge on any atom is -0.397 e. The third kappa shape index (κ3) is 2.88. The lowest BCUT2D eigenvalue weighted by molar-refractivity contribution is -0.385. The second-order valence-electron chi connectivity index (χ2n) is 4.38. The lowest BCUT2D eigenvalue weighted by Gasteiger charge is -2.24. The van der Waals surface area contributed by atoms with Gasteiger partial charge >= 0.3 is 0 Å². The number of anilines is 1. The fourth-order valence-electron chi connectivity index (χ4n) is 1.62. The maximum atomic E-state index is 13.9. The molecule has 7 nitrogen and oxygen atoms in total. The number of nitro groups is 1. The van der Waals surface area contributed by atoms with E-state index in [2.05, 4.69) is 0 Å². The number of rotatable bonds is 5. The van der Waals surface area contributed by atoms with Gasteiger partial charge in [-0.25, -0.2) is 12.8 Å². The first-order valence-electron chi connectivity index (χ1n) is 5.84. The summed E-state index contributed by atoms with van der Waals surface area (Å²) < 4.78 is 39.5. The molecule has 1 aromatic carbocycles. The van der Waals surface area contributed by atoms with Gasteiger partial charge in [-0.05, 0) is 13.3 Å². The van der Waals surface area contributed by atoms with E-state index in [9.17, 15) is 22.9 Å². The van der Waals surface area contributed by atoms with E-state index in [-0.39, 0.29) is 6.04 Å². The molecule has 1 unspecified atom stereocenters. The Morgan fingerprint density at radius 1 is 1.50 bits per heavy atom. The van der Waals surface area contributed by atoms with Crippen LogP contribution in [0.3, 0.4) is 0 Å². The number of hydrogen-bond acceptors (Lipinski definition) is 5. The van der Waals surface area contributed by atoms with Crippen molar-refractivity contribution < 1.29 is 17.7 Å². The van der Waals surface area contributed by atoms with Crippen LogP contribution in [0.25, 0.3) is 0 Å². The van der Waals surface area contributed by atoms with Crippen molar-refractivity contribution in [3.63, 3.8) is 0 Å². The predicted octanol–water partition coefficient (Wildman–Crippen LogP) is 1.74. The Hall–Kier alpha value is -1.74. The number of nitrogens with two attached hydrogens (primary N) is 1. The number of benzene rings is 1. The molecular formula is C11H16FN3O4S. The topological polar surface area (TPSA) is 107 Å². The first-order chi connectivity index (χ1) is 9.12. The quantitative estimate of drug-likeness (QED) is 0.506. The molecule has 112 valence electrons. The Balaban J connectivity index is 3.44. The third-order valence-electron chi connectivity index (χ3n) is 3.12. The molecule has 2 N–H and O–H groups in total. The minimum absolute atomic E-state index is 0.353. The first-order valence-corrected chi connectivity index (χ1v) is 7.28. The first kappa shape index (κ1) is 16.3. The van der Waals surface area contributed by atoms with Gasteiger partial charge in [0.05, 0.1) is 16.7 Å². The Bertz CT molecular complexity index is 610. The van der Waals surface area contributed by atoms with Gasteiger partial charge < -0.3 is 5.73 Å². The van der Waals surface area contributed by atoms with E-state index in [1.54, 1.807) is 13.8 Å². The van der Waals surface area contributed by atoms with Crippen molar-refractivity contribution in [2.75, 3.05) is 12.8 Å². The van der Waals surface area contributed by atoms with Gasteiger partial charge in [0.2, 0.25) is 10.0 Å².